The SMILES string of the molecule is CN(C)CCNCc1ccccc1.CNC.CNCCCn1ccnc1. The van der Waals surface area contributed by atoms with Crippen molar-refractivity contribution in [3.63, 3.8) is 0 Å². The molecule has 3 N–H and O–H groups in total. The number of hydrogen-bond donors (Lipinski definition) is 3. The van der Waals surface area contributed by atoms with Crippen LogP contribution in [-0.2, 0) is 13.1 Å². The minimum atomic E-state index is 0.967. The van der Waals surface area contributed by atoms with Crippen LogP contribution >= 0.6 is 0 Å². The summed E-state index contributed by atoms with van der Waals surface area (Å²) < 4.78 is 2.08. The molecule has 6 nitrogen and oxygen atoms in total. The summed E-state index contributed by atoms with van der Waals surface area (Å²) >= 11 is 0. The van der Waals surface area contributed by atoms with E-state index in [-0.39, 0.29) is 0 Å². The average molecular weight is 363 g/mol. The van der Waals surface area contributed by atoms with Gasteiger partial charge in [0, 0.05) is 38.6 Å². The monoisotopic (exact) mass is 362 g/mol. The molecule has 0 radical (unpaired) electrons. The van der Waals surface area contributed by atoms with Crippen molar-refractivity contribution in [2.45, 2.75) is 19.5 Å². The number of nitrogens with zero attached hydrogens (tertiary/aromatic N) is 3. The van der Waals surface area contributed by atoms with Gasteiger partial charge in [-0.15, -0.1) is 0 Å². The Bertz CT molecular complexity index is 484. The molecule has 0 aliphatic rings. The van der Waals surface area contributed by atoms with Crippen LogP contribution in [0.4, 0.5) is 0 Å². The van der Waals surface area contributed by atoms with Gasteiger partial charge in [0.25, 0.3) is 0 Å². The third kappa shape index (κ3) is 15.8. The lowest BCUT2D eigenvalue weighted by atomic mass is 10.2. The molecule has 0 fully saturated rings. The predicted octanol–water partition coefficient (Wildman–Crippen LogP) is 1.67. The second-order valence-corrected chi connectivity index (χ2v) is 6.22. The number of imidazole rings is 1. The zero-order chi connectivity index (χ0) is 19.5. The molecule has 0 spiro atoms. The van der Waals surface area contributed by atoms with Crippen LogP contribution in [0.5, 0.6) is 0 Å². The molecule has 148 valence electrons. The van der Waals surface area contributed by atoms with Crippen molar-refractivity contribution in [2.75, 3.05) is 54.9 Å². The summed E-state index contributed by atoms with van der Waals surface area (Å²) in [6.45, 7) is 5.22. The van der Waals surface area contributed by atoms with Crippen LogP contribution in [0.15, 0.2) is 49.1 Å². The zero-order valence-electron chi connectivity index (χ0n) is 17.2. The quantitative estimate of drug-likeness (QED) is 0.593. The summed E-state index contributed by atoms with van der Waals surface area (Å²) in [5.41, 5.74) is 1.35. The molecule has 0 bridgehead atoms. The highest BCUT2D eigenvalue weighted by Gasteiger charge is 1.91. The normalized spacial score (nSPS) is 9.92. The standard InChI is InChI=1S/C11H18N2.C7H13N3.C2H7N/c1-13(2)9-8-12-10-11-6-4-3-5-7-11;1-8-3-2-5-10-6-4-9-7-10;1-3-2/h3-7,12H,8-10H2,1-2H3;4,6-8H,2-3,5H2,1H3;3H,1-2H3. The van der Waals surface area contributed by atoms with Crippen molar-refractivity contribution in [1.82, 2.24) is 30.4 Å². The smallest absolute Gasteiger partial charge is 0.0945 e. The molecule has 0 saturated heterocycles. The van der Waals surface area contributed by atoms with Gasteiger partial charge in [-0.25, -0.2) is 4.98 Å². The number of benzene rings is 1. The van der Waals surface area contributed by atoms with Crippen molar-refractivity contribution >= 4 is 0 Å². The number of hydrogen-bond acceptors (Lipinski definition) is 5. The van der Waals surface area contributed by atoms with Crippen molar-refractivity contribution in [3.8, 4) is 0 Å². The first-order chi connectivity index (χ1) is 12.6. The summed E-state index contributed by atoms with van der Waals surface area (Å²) in [6, 6.07) is 10.5. The Kier molecular flexibility index (Phi) is 16.9. The van der Waals surface area contributed by atoms with Gasteiger partial charge in [-0.05, 0) is 53.8 Å². The van der Waals surface area contributed by atoms with Gasteiger partial charge in [0.15, 0.2) is 0 Å². The van der Waals surface area contributed by atoms with Gasteiger partial charge in [-0.3, -0.25) is 0 Å². The van der Waals surface area contributed by atoms with Crippen molar-refractivity contribution in [1.29, 1.82) is 0 Å². The minimum Gasteiger partial charge on any atom is -0.337 e. The van der Waals surface area contributed by atoms with Crippen LogP contribution in [0.1, 0.15) is 12.0 Å². The molecule has 0 aliphatic carbocycles. The van der Waals surface area contributed by atoms with Gasteiger partial charge in [-0.2, -0.15) is 0 Å². The molecule has 0 saturated carbocycles. The molecule has 1 aromatic carbocycles. The van der Waals surface area contributed by atoms with E-state index in [1.165, 1.54) is 5.56 Å². The first-order valence-corrected chi connectivity index (χ1v) is 9.22. The van der Waals surface area contributed by atoms with Crippen LogP contribution in [0.25, 0.3) is 0 Å². The molecule has 26 heavy (non-hydrogen) atoms. The fraction of sp³-hybridized carbons (Fsp3) is 0.550. The van der Waals surface area contributed by atoms with Gasteiger partial charge in [0.05, 0.1) is 6.33 Å². The Morgan fingerprint density at radius 1 is 1.04 bits per heavy atom. The van der Waals surface area contributed by atoms with E-state index in [9.17, 15) is 0 Å². The van der Waals surface area contributed by atoms with E-state index < -0.39 is 0 Å². The molecule has 2 rings (SSSR count). The van der Waals surface area contributed by atoms with Crippen LogP contribution in [0, 0.1) is 0 Å². The van der Waals surface area contributed by atoms with Gasteiger partial charge >= 0.3 is 0 Å². The number of aryl methyl sites for hydroxylation is 1. The summed E-state index contributed by atoms with van der Waals surface area (Å²) in [4.78, 5) is 6.12. The number of nitrogens with one attached hydrogen (secondary N) is 3. The fourth-order valence-electron chi connectivity index (χ4n) is 1.99. The van der Waals surface area contributed by atoms with E-state index in [2.05, 4.69) is 68.8 Å². The van der Waals surface area contributed by atoms with Gasteiger partial charge in [0.1, 0.15) is 0 Å². The molecule has 6 heteroatoms. The Labute approximate surface area is 160 Å². The summed E-state index contributed by atoms with van der Waals surface area (Å²) in [6.07, 6.45) is 6.79. The topological polar surface area (TPSA) is 57.1 Å². The van der Waals surface area contributed by atoms with Crippen molar-refractivity contribution in [3.05, 3.63) is 54.6 Å². The third-order valence-corrected chi connectivity index (χ3v) is 3.31. The molecule has 0 unspecified atom stereocenters. The molecule has 2 aromatic rings. The largest absolute Gasteiger partial charge is 0.337 e. The van der Waals surface area contributed by atoms with E-state index in [0.717, 1.165) is 39.1 Å². The van der Waals surface area contributed by atoms with Gasteiger partial charge < -0.3 is 25.4 Å². The lowest BCUT2D eigenvalue weighted by Crippen LogP contribution is -2.26. The molecule has 0 aliphatic heterocycles. The Hall–Kier alpha value is -1.73. The number of likely N-dealkylation sites (N-methyl/N-ethyl adjacent to an activating group) is 1. The number of aromatic nitrogens is 2. The highest BCUT2D eigenvalue weighted by Crippen LogP contribution is 1.96. The molecular weight excluding hydrogens is 324 g/mol. The molecule has 0 atom stereocenters. The lowest BCUT2D eigenvalue weighted by molar-refractivity contribution is 0.400. The van der Waals surface area contributed by atoms with Crippen molar-refractivity contribution in [2.24, 2.45) is 0 Å². The minimum absolute atomic E-state index is 0.967. The third-order valence-electron chi connectivity index (χ3n) is 3.31. The first-order valence-electron chi connectivity index (χ1n) is 9.22. The Balaban J connectivity index is 0.000000428. The van der Waals surface area contributed by atoms with E-state index >= 15 is 0 Å². The van der Waals surface area contributed by atoms with Crippen molar-refractivity contribution < 1.29 is 0 Å². The van der Waals surface area contributed by atoms with Crippen LogP contribution in [0.2, 0.25) is 0 Å². The average Bonchev–Trinajstić information content (AvgIpc) is 3.15. The molecule has 1 aromatic heterocycles. The van der Waals surface area contributed by atoms with E-state index in [0.29, 0.717) is 0 Å². The second-order valence-electron chi connectivity index (χ2n) is 6.22. The van der Waals surface area contributed by atoms with Gasteiger partial charge in [0.2, 0.25) is 0 Å². The first kappa shape index (κ1) is 24.3. The second kappa shape index (κ2) is 18.1. The van der Waals surface area contributed by atoms with E-state index in [1.54, 1.807) is 6.20 Å². The summed E-state index contributed by atoms with van der Waals surface area (Å²) in [5.74, 6) is 0. The van der Waals surface area contributed by atoms with E-state index in [4.69, 9.17) is 0 Å². The molecule has 1 heterocycles. The Morgan fingerprint density at radius 2 is 1.73 bits per heavy atom. The Morgan fingerprint density at radius 3 is 2.27 bits per heavy atom. The summed E-state index contributed by atoms with van der Waals surface area (Å²) in [5, 5.41) is 9.24. The maximum atomic E-state index is 3.94. The van der Waals surface area contributed by atoms with Gasteiger partial charge in [-0.1, -0.05) is 30.3 Å². The zero-order valence-corrected chi connectivity index (χ0v) is 17.2. The maximum Gasteiger partial charge on any atom is 0.0945 e. The molecule has 0 amide bonds. The lowest BCUT2D eigenvalue weighted by Gasteiger charge is -2.10. The van der Waals surface area contributed by atoms with Crippen LogP contribution in [0.3, 0.4) is 0 Å². The molecular formula is C20H38N6. The summed E-state index contributed by atoms with van der Waals surface area (Å²) in [7, 11) is 9.89. The highest BCUT2D eigenvalue weighted by molar-refractivity contribution is 5.14. The number of rotatable bonds is 9. The predicted molar refractivity (Wildman–Crippen MR) is 112 cm³/mol. The van der Waals surface area contributed by atoms with Crippen LogP contribution in [-0.4, -0.2) is 69.3 Å². The maximum absolute atomic E-state index is 3.94. The fourth-order valence-corrected chi connectivity index (χ4v) is 1.99. The van der Waals surface area contributed by atoms with E-state index in [1.807, 2.05) is 39.7 Å². The highest BCUT2D eigenvalue weighted by atomic mass is 15.1. The van der Waals surface area contributed by atoms with Crippen LogP contribution < -0.4 is 16.0 Å².